The van der Waals surface area contributed by atoms with E-state index in [0.717, 1.165) is 16.7 Å². The fourth-order valence-electron chi connectivity index (χ4n) is 3.61. The van der Waals surface area contributed by atoms with Gasteiger partial charge in [-0.05, 0) is 37.2 Å². The number of aromatic amines is 1. The number of carbonyl (C=O) groups is 3. The highest BCUT2D eigenvalue weighted by atomic mass is 16.4. The van der Waals surface area contributed by atoms with Crippen molar-refractivity contribution in [2.75, 3.05) is 27.2 Å². The quantitative estimate of drug-likeness (QED) is 0.257. The number of aliphatic hydroxyl groups excluding tert-OH is 1. The van der Waals surface area contributed by atoms with Crippen LogP contribution in [0.2, 0.25) is 0 Å². The van der Waals surface area contributed by atoms with Crippen LogP contribution in [0, 0.1) is 0 Å². The highest BCUT2D eigenvalue weighted by molar-refractivity contribution is 5.97. The van der Waals surface area contributed by atoms with Crippen molar-refractivity contribution >= 4 is 17.8 Å². The van der Waals surface area contributed by atoms with E-state index in [-0.39, 0.29) is 23.7 Å². The molecule has 1 aromatic heterocycles. The Labute approximate surface area is 209 Å². The second-order valence-electron chi connectivity index (χ2n) is 8.75. The largest absolute Gasteiger partial charge is 0.479 e. The third-order valence-corrected chi connectivity index (χ3v) is 5.57. The molecule has 0 aliphatic carbocycles. The van der Waals surface area contributed by atoms with Gasteiger partial charge in [-0.3, -0.25) is 14.7 Å². The number of nitrogens with zero attached hydrogens (tertiary/aromatic N) is 2. The summed E-state index contributed by atoms with van der Waals surface area (Å²) < 4.78 is 0. The lowest BCUT2D eigenvalue weighted by molar-refractivity contribution is -0.147. The molecule has 2 atom stereocenters. The fourth-order valence-corrected chi connectivity index (χ4v) is 3.61. The number of amides is 2. The van der Waals surface area contributed by atoms with Crippen LogP contribution in [-0.4, -0.2) is 82.4 Å². The number of H-pyrrole nitrogens is 1. The highest BCUT2D eigenvalue weighted by Gasteiger charge is 2.24. The standard InChI is InChI=1S/C26H31N5O5/c1-31(2)13-12-27-24(33)21-16-22(30-29-21)25(34)28-20(15-23(32)26(35)36)14-17-8-10-19(11-9-17)18-6-4-3-5-7-18/h3-11,16,20,23,32H,12-15H2,1-2H3,(H,27,33)(H,28,34)(H,29,30)(H,35,36). The summed E-state index contributed by atoms with van der Waals surface area (Å²) in [5.74, 6) is -2.34. The molecule has 2 aromatic carbocycles. The summed E-state index contributed by atoms with van der Waals surface area (Å²) in [5.41, 5.74) is 3.08. The Bertz CT molecular complexity index is 1160. The number of hydrogen-bond donors (Lipinski definition) is 5. The average molecular weight is 494 g/mol. The van der Waals surface area contributed by atoms with E-state index in [2.05, 4.69) is 20.8 Å². The molecule has 36 heavy (non-hydrogen) atoms. The monoisotopic (exact) mass is 493 g/mol. The van der Waals surface area contributed by atoms with E-state index in [1.807, 2.05) is 73.6 Å². The molecule has 0 bridgehead atoms. The van der Waals surface area contributed by atoms with Crippen molar-refractivity contribution in [2.45, 2.75) is 25.0 Å². The van der Waals surface area contributed by atoms with Crippen molar-refractivity contribution in [3.05, 3.63) is 77.6 Å². The van der Waals surface area contributed by atoms with Gasteiger partial charge in [0.1, 0.15) is 5.69 Å². The molecule has 0 fully saturated rings. The van der Waals surface area contributed by atoms with Crippen molar-refractivity contribution in [2.24, 2.45) is 0 Å². The average Bonchev–Trinajstić information content (AvgIpc) is 3.35. The number of carboxylic acids is 1. The number of nitrogens with one attached hydrogen (secondary N) is 3. The Balaban J connectivity index is 1.67. The minimum Gasteiger partial charge on any atom is -0.479 e. The van der Waals surface area contributed by atoms with Crippen molar-refractivity contribution in [3.63, 3.8) is 0 Å². The van der Waals surface area contributed by atoms with Crippen LogP contribution in [-0.2, 0) is 11.2 Å². The van der Waals surface area contributed by atoms with Gasteiger partial charge in [0.05, 0.1) is 0 Å². The molecule has 0 spiro atoms. The van der Waals surface area contributed by atoms with Crippen LogP contribution in [0.3, 0.4) is 0 Å². The lowest BCUT2D eigenvalue weighted by Gasteiger charge is -2.20. The molecule has 2 unspecified atom stereocenters. The minimum absolute atomic E-state index is 0.0120. The van der Waals surface area contributed by atoms with Crippen LogP contribution in [0.4, 0.5) is 0 Å². The zero-order chi connectivity index (χ0) is 26.1. The summed E-state index contributed by atoms with van der Waals surface area (Å²) in [7, 11) is 3.78. The lowest BCUT2D eigenvalue weighted by atomic mass is 9.97. The normalized spacial score (nSPS) is 12.7. The van der Waals surface area contributed by atoms with Gasteiger partial charge in [-0.15, -0.1) is 0 Å². The number of benzene rings is 2. The maximum Gasteiger partial charge on any atom is 0.332 e. The van der Waals surface area contributed by atoms with Gasteiger partial charge in [-0.1, -0.05) is 54.6 Å². The summed E-state index contributed by atoms with van der Waals surface area (Å²) in [6.07, 6.45) is -1.53. The Hall–Kier alpha value is -4.02. The van der Waals surface area contributed by atoms with Crippen molar-refractivity contribution < 1.29 is 24.6 Å². The van der Waals surface area contributed by atoms with Crippen molar-refractivity contribution in [3.8, 4) is 11.1 Å². The SMILES string of the molecule is CN(C)CCNC(=O)c1cc(C(=O)NC(Cc2ccc(-c3ccccc3)cc2)CC(O)C(=O)O)n[nH]1. The molecule has 3 aromatic rings. The Kier molecular flexibility index (Phi) is 9.32. The van der Waals surface area contributed by atoms with E-state index in [9.17, 15) is 19.5 Å². The minimum atomic E-state index is -1.64. The first-order valence-electron chi connectivity index (χ1n) is 11.6. The number of rotatable bonds is 12. The van der Waals surface area contributed by atoms with Crippen LogP contribution in [0.5, 0.6) is 0 Å². The van der Waals surface area contributed by atoms with Gasteiger partial charge in [0.25, 0.3) is 11.8 Å². The number of aliphatic carboxylic acids is 1. The van der Waals surface area contributed by atoms with Crippen molar-refractivity contribution in [1.29, 1.82) is 0 Å². The third-order valence-electron chi connectivity index (χ3n) is 5.57. The number of likely N-dealkylation sites (N-methyl/N-ethyl adjacent to an activating group) is 1. The maximum absolute atomic E-state index is 12.8. The van der Waals surface area contributed by atoms with E-state index in [1.165, 1.54) is 6.07 Å². The Morgan fingerprint density at radius 1 is 1.00 bits per heavy atom. The van der Waals surface area contributed by atoms with E-state index in [1.54, 1.807) is 0 Å². The predicted molar refractivity (Wildman–Crippen MR) is 135 cm³/mol. The topological polar surface area (TPSA) is 148 Å². The summed E-state index contributed by atoms with van der Waals surface area (Å²) in [5, 5.41) is 31.0. The van der Waals surface area contributed by atoms with E-state index in [4.69, 9.17) is 5.11 Å². The molecule has 3 rings (SSSR count). The first kappa shape index (κ1) is 26.6. The molecular weight excluding hydrogens is 462 g/mol. The van der Waals surface area contributed by atoms with Crippen molar-refractivity contribution in [1.82, 2.24) is 25.7 Å². The molecule has 10 nitrogen and oxygen atoms in total. The molecule has 0 saturated heterocycles. The number of carbonyl (C=O) groups excluding carboxylic acids is 2. The summed E-state index contributed by atoms with van der Waals surface area (Å²) in [6, 6.07) is 18.2. The molecule has 190 valence electrons. The van der Waals surface area contributed by atoms with Crippen LogP contribution in [0.25, 0.3) is 11.1 Å². The number of hydrogen-bond acceptors (Lipinski definition) is 6. The van der Waals surface area contributed by atoms with Crippen LogP contribution in [0.15, 0.2) is 60.7 Å². The lowest BCUT2D eigenvalue weighted by Crippen LogP contribution is -2.40. The first-order valence-corrected chi connectivity index (χ1v) is 11.6. The second kappa shape index (κ2) is 12.6. The number of aromatic nitrogens is 2. The first-order chi connectivity index (χ1) is 17.2. The van der Waals surface area contributed by atoms with Gasteiger partial charge >= 0.3 is 5.97 Å². The highest BCUT2D eigenvalue weighted by Crippen LogP contribution is 2.20. The van der Waals surface area contributed by atoms with E-state index < -0.39 is 24.0 Å². The molecule has 0 aliphatic heterocycles. The van der Waals surface area contributed by atoms with Gasteiger partial charge in [0.15, 0.2) is 11.8 Å². The number of aliphatic hydroxyl groups is 1. The molecule has 1 heterocycles. The summed E-state index contributed by atoms with van der Waals surface area (Å²) >= 11 is 0. The summed E-state index contributed by atoms with van der Waals surface area (Å²) in [4.78, 5) is 38.2. The molecule has 2 amide bonds. The smallest absolute Gasteiger partial charge is 0.332 e. The Morgan fingerprint density at radius 3 is 2.31 bits per heavy atom. The zero-order valence-corrected chi connectivity index (χ0v) is 20.3. The van der Waals surface area contributed by atoms with E-state index in [0.29, 0.717) is 19.5 Å². The van der Waals surface area contributed by atoms with E-state index >= 15 is 0 Å². The van der Waals surface area contributed by atoms with Crippen LogP contribution in [0.1, 0.15) is 33.0 Å². The molecule has 0 radical (unpaired) electrons. The number of carboxylic acid groups (broad SMARTS) is 1. The molecule has 0 saturated carbocycles. The van der Waals surface area contributed by atoms with Gasteiger partial charge in [-0.2, -0.15) is 5.10 Å². The van der Waals surface area contributed by atoms with Crippen LogP contribution >= 0.6 is 0 Å². The van der Waals surface area contributed by atoms with Crippen LogP contribution < -0.4 is 10.6 Å². The van der Waals surface area contributed by atoms with Gasteiger partial charge < -0.3 is 25.7 Å². The molecular formula is C26H31N5O5. The molecule has 5 N–H and O–H groups in total. The summed E-state index contributed by atoms with van der Waals surface area (Å²) in [6.45, 7) is 1.09. The molecule has 0 aliphatic rings. The second-order valence-corrected chi connectivity index (χ2v) is 8.75. The van der Waals surface area contributed by atoms with Gasteiger partial charge in [-0.25, -0.2) is 4.79 Å². The maximum atomic E-state index is 12.8. The zero-order valence-electron chi connectivity index (χ0n) is 20.3. The fraction of sp³-hybridized carbons (Fsp3) is 0.308. The van der Waals surface area contributed by atoms with Gasteiger partial charge in [0.2, 0.25) is 0 Å². The predicted octanol–water partition coefficient (Wildman–Crippen LogP) is 1.54. The van der Waals surface area contributed by atoms with Gasteiger partial charge in [0, 0.05) is 31.6 Å². The molecule has 10 heteroatoms. The Morgan fingerprint density at radius 2 is 1.67 bits per heavy atom. The third kappa shape index (κ3) is 7.76.